The van der Waals surface area contributed by atoms with Crippen molar-refractivity contribution < 1.29 is 13.2 Å². The van der Waals surface area contributed by atoms with Crippen molar-refractivity contribution in [2.75, 3.05) is 32.6 Å². The molecule has 0 atom stereocenters. The van der Waals surface area contributed by atoms with E-state index < -0.39 is 10.0 Å². The van der Waals surface area contributed by atoms with Crippen molar-refractivity contribution in [3.63, 3.8) is 0 Å². The molecule has 21 heavy (non-hydrogen) atoms. The molecule has 0 unspecified atom stereocenters. The summed E-state index contributed by atoms with van der Waals surface area (Å²) in [5, 5.41) is 0. The second-order valence-corrected chi connectivity index (χ2v) is 8.17. The molecular weight excluding hydrogens is 288 g/mol. The Labute approximate surface area is 130 Å². The third-order valence-electron chi connectivity index (χ3n) is 4.83. The molecule has 0 aromatic heterocycles. The molecule has 1 rings (SSSR count). The molecule has 0 aliphatic heterocycles. The zero-order chi connectivity index (χ0) is 15.9. The fraction of sp³-hybridized carbons (Fsp3) is 1.00. The Morgan fingerprint density at radius 1 is 1.29 bits per heavy atom. The average molecular weight is 320 g/mol. The first-order chi connectivity index (χ1) is 9.95. The van der Waals surface area contributed by atoms with Crippen LogP contribution in [0, 0.1) is 5.92 Å². The predicted octanol–water partition coefficient (Wildman–Crippen LogP) is 1.97. The van der Waals surface area contributed by atoms with E-state index in [1.165, 1.54) is 13.5 Å². The molecule has 0 aromatic carbocycles. The lowest BCUT2D eigenvalue weighted by Gasteiger charge is -2.46. The van der Waals surface area contributed by atoms with E-state index in [2.05, 4.69) is 6.92 Å². The number of nitrogens with two attached hydrogens (primary N) is 1. The van der Waals surface area contributed by atoms with Crippen LogP contribution in [0.15, 0.2) is 0 Å². The van der Waals surface area contributed by atoms with E-state index in [0.717, 1.165) is 38.0 Å². The summed E-state index contributed by atoms with van der Waals surface area (Å²) in [5.74, 6) is 0.762. The molecule has 0 heterocycles. The summed E-state index contributed by atoms with van der Waals surface area (Å²) in [6, 6.07) is 0. The van der Waals surface area contributed by atoms with Crippen LogP contribution in [0.1, 0.15) is 52.4 Å². The van der Waals surface area contributed by atoms with Crippen LogP contribution in [0.3, 0.4) is 0 Å². The van der Waals surface area contributed by atoms with Gasteiger partial charge in [-0.25, -0.2) is 8.42 Å². The van der Waals surface area contributed by atoms with Gasteiger partial charge >= 0.3 is 0 Å². The molecule has 6 heteroatoms. The van der Waals surface area contributed by atoms with Crippen molar-refractivity contribution in [1.82, 2.24) is 4.31 Å². The zero-order valence-corrected chi connectivity index (χ0v) is 14.6. The molecule has 1 saturated carbocycles. The highest BCUT2D eigenvalue weighted by molar-refractivity contribution is 7.89. The number of hydrogen-bond donors (Lipinski definition) is 1. The topological polar surface area (TPSA) is 72.6 Å². The van der Waals surface area contributed by atoms with Gasteiger partial charge in [0.05, 0.1) is 12.4 Å². The summed E-state index contributed by atoms with van der Waals surface area (Å²) in [7, 11) is -1.78. The third kappa shape index (κ3) is 4.65. The lowest BCUT2D eigenvalue weighted by atomic mass is 9.75. The monoisotopic (exact) mass is 320 g/mol. The first-order valence-electron chi connectivity index (χ1n) is 8.15. The Balaban J connectivity index is 2.95. The minimum absolute atomic E-state index is 0.0441. The quantitative estimate of drug-likeness (QED) is 0.705. The van der Waals surface area contributed by atoms with Crippen molar-refractivity contribution in [2.24, 2.45) is 11.7 Å². The summed E-state index contributed by atoms with van der Waals surface area (Å²) in [6.07, 6.45) is 5.90. The largest absolute Gasteiger partial charge is 0.384 e. The van der Waals surface area contributed by atoms with Crippen LogP contribution >= 0.6 is 0 Å². The van der Waals surface area contributed by atoms with E-state index in [0.29, 0.717) is 13.1 Å². The maximum atomic E-state index is 12.7. The van der Waals surface area contributed by atoms with Gasteiger partial charge in [0, 0.05) is 25.7 Å². The lowest BCUT2D eigenvalue weighted by molar-refractivity contribution is 0.109. The summed E-state index contributed by atoms with van der Waals surface area (Å²) < 4.78 is 32.0. The molecule has 0 spiro atoms. The minimum atomic E-state index is -3.31. The molecule has 2 N–H and O–H groups in total. The molecular formula is C15H32N2O3S. The van der Waals surface area contributed by atoms with Gasteiger partial charge in [-0.05, 0) is 38.0 Å². The molecule has 0 radical (unpaired) electrons. The van der Waals surface area contributed by atoms with E-state index in [1.807, 2.05) is 6.92 Å². The molecule has 126 valence electrons. The van der Waals surface area contributed by atoms with Gasteiger partial charge in [0.15, 0.2) is 0 Å². The van der Waals surface area contributed by atoms with Crippen molar-refractivity contribution in [3.05, 3.63) is 0 Å². The number of methoxy groups -OCH3 is 1. The number of nitrogens with zero attached hydrogens (tertiary/aromatic N) is 1. The first-order valence-corrected chi connectivity index (χ1v) is 9.76. The Morgan fingerprint density at radius 2 is 1.90 bits per heavy atom. The number of hydrogen-bond acceptors (Lipinski definition) is 4. The Hall–Kier alpha value is -0.170. The molecule has 0 aromatic rings. The van der Waals surface area contributed by atoms with Gasteiger partial charge in [-0.3, -0.25) is 0 Å². The van der Waals surface area contributed by atoms with Crippen molar-refractivity contribution in [3.8, 4) is 0 Å². The molecule has 1 aliphatic carbocycles. The van der Waals surface area contributed by atoms with Crippen LogP contribution in [0.25, 0.3) is 0 Å². The Morgan fingerprint density at radius 3 is 2.33 bits per heavy atom. The first kappa shape index (κ1) is 18.9. The van der Waals surface area contributed by atoms with E-state index >= 15 is 0 Å². The minimum Gasteiger partial charge on any atom is -0.384 e. The number of ether oxygens (including phenoxy) is 1. The fourth-order valence-corrected chi connectivity index (χ4v) is 5.26. The summed E-state index contributed by atoms with van der Waals surface area (Å²) in [4.78, 5) is 0. The van der Waals surface area contributed by atoms with Gasteiger partial charge < -0.3 is 10.5 Å². The van der Waals surface area contributed by atoms with E-state index in [9.17, 15) is 8.42 Å². The highest BCUT2D eigenvalue weighted by atomic mass is 32.2. The Bertz CT molecular complexity index is 390. The molecule has 0 bridgehead atoms. The molecule has 0 amide bonds. The zero-order valence-electron chi connectivity index (χ0n) is 13.8. The predicted molar refractivity (Wildman–Crippen MR) is 86.7 cm³/mol. The smallest absolute Gasteiger partial charge is 0.216 e. The summed E-state index contributed by atoms with van der Waals surface area (Å²) in [5.41, 5.74) is 5.66. The van der Waals surface area contributed by atoms with Crippen LogP contribution in [-0.4, -0.2) is 50.8 Å². The molecule has 5 nitrogen and oxygen atoms in total. The average Bonchev–Trinajstić information content (AvgIpc) is 2.50. The maximum absolute atomic E-state index is 12.7. The van der Waals surface area contributed by atoms with E-state index in [4.69, 9.17) is 10.5 Å². The molecule has 1 fully saturated rings. The maximum Gasteiger partial charge on any atom is 0.216 e. The van der Waals surface area contributed by atoms with Gasteiger partial charge in [0.2, 0.25) is 10.0 Å². The van der Waals surface area contributed by atoms with E-state index in [-0.39, 0.29) is 17.9 Å². The Kier molecular flexibility index (Phi) is 7.60. The van der Waals surface area contributed by atoms with Crippen LogP contribution in [-0.2, 0) is 14.8 Å². The normalized spacial score (nSPS) is 27.2. The van der Waals surface area contributed by atoms with Crippen LogP contribution in [0.2, 0.25) is 0 Å². The van der Waals surface area contributed by atoms with Gasteiger partial charge in [0.25, 0.3) is 0 Å². The van der Waals surface area contributed by atoms with Crippen LogP contribution in [0.5, 0.6) is 0 Å². The highest BCUT2D eigenvalue weighted by Crippen LogP contribution is 2.38. The van der Waals surface area contributed by atoms with Gasteiger partial charge in [0.1, 0.15) is 0 Å². The molecule has 1 aliphatic rings. The molecule has 0 saturated heterocycles. The van der Waals surface area contributed by atoms with Gasteiger partial charge in [-0.1, -0.05) is 20.3 Å². The van der Waals surface area contributed by atoms with E-state index in [1.54, 1.807) is 4.31 Å². The van der Waals surface area contributed by atoms with Crippen LogP contribution in [0.4, 0.5) is 0 Å². The number of rotatable bonds is 9. The standard InChI is InChI=1S/C15H32N2O3S/c1-4-10-17(21(18,19)12-11-20-3)15(13-16)8-6-14(5-2)7-9-15/h14H,4-13,16H2,1-3H3. The van der Waals surface area contributed by atoms with Crippen molar-refractivity contribution in [2.45, 2.75) is 57.9 Å². The highest BCUT2D eigenvalue weighted by Gasteiger charge is 2.43. The summed E-state index contributed by atoms with van der Waals surface area (Å²) >= 11 is 0. The fourth-order valence-electron chi connectivity index (χ4n) is 3.35. The van der Waals surface area contributed by atoms with Crippen molar-refractivity contribution in [1.29, 1.82) is 0 Å². The van der Waals surface area contributed by atoms with Crippen molar-refractivity contribution >= 4 is 10.0 Å². The van der Waals surface area contributed by atoms with Gasteiger partial charge in [-0.2, -0.15) is 4.31 Å². The van der Waals surface area contributed by atoms with Crippen LogP contribution < -0.4 is 5.73 Å². The number of sulfonamides is 1. The lowest BCUT2D eigenvalue weighted by Crippen LogP contribution is -2.58. The summed E-state index contributed by atoms with van der Waals surface area (Å²) in [6.45, 7) is 5.43. The second kappa shape index (κ2) is 8.46. The third-order valence-corrected chi connectivity index (χ3v) is 6.75. The van der Waals surface area contributed by atoms with Gasteiger partial charge in [-0.15, -0.1) is 0 Å². The second-order valence-electron chi connectivity index (χ2n) is 6.16. The SMILES string of the molecule is CCCN(C1(CN)CCC(CC)CC1)S(=O)(=O)CCOC.